The van der Waals surface area contributed by atoms with Crippen molar-refractivity contribution in [1.82, 2.24) is 5.32 Å². The van der Waals surface area contributed by atoms with Crippen LogP contribution >= 0.6 is 0 Å². The van der Waals surface area contributed by atoms with E-state index in [1.165, 1.54) is 11.1 Å². The summed E-state index contributed by atoms with van der Waals surface area (Å²) in [7, 11) is 3.25. The van der Waals surface area contributed by atoms with Gasteiger partial charge in [0.05, 0.1) is 32.8 Å². The molecule has 3 rings (SSSR count). The number of carbonyl (C=O) groups is 2. The van der Waals surface area contributed by atoms with E-state index in [4.69, 9.17) is 18.9 Å². The summed E-state index contributed by atoms with van der Waals surface area (Å²) in [5.41, 5.74) is 1.92. The summed E-state index contributed by atoms with van der Waals surface area (Å²) in [6.07, 6.45) is 6.84. The van der Waals surface area contributed by atoms with Gasteiger partial charge >= 0.3 is 11.9 Å². The number of esters is 2. The molecule has 7 nitrogen and oxygen atoms in total. The third-order valence-electron chi connectivity index (χ3n) is 6.37. The van der Waals surface area contributed by atoms with E-state index in [-0.39, 0.29) is 30.4 Å². The second-order valence-corrected chi connectivity index (χ2v) is 9.83. The summed E-state index contributed by atoms with van der Waals surface area (Å²) in [4.78, 5) is 24.2. The highest BCUT2D eigenvalue weighted by atomic mass is 16.5. The van der Waals surface area contributed by atoms with E-state index in [0.717, 1.165) is 19.3 Å². The maximum Gasteiger partial charge on any atom is 0.319 e. The van der Waals surface area contributed by atoms with E-state index in [2.05, 4.69) is 17.5 Å². The molecule has 1 N–H and O–H groups in total. The van der Waals surface area contributed by atoms with Crippen molar-refractivity contribution in [2.24, 2.45) is 17.3 Å². The number of ether oxygens (including phenoxy) is 4. The van der Waals surface area contributed by atoms with Gasteiger partial charge in [-0.15, -0.1) is 0 Å². The van der Waals surface area contributed by atoms with Gasteiger partial charge in [0.2, 0.25) is 0 Å². The van der Waals surface area contributed by atoms with Crippen molar-refractivity contribution in [2.45, 2.75) is 53.0 Å². The van der Waals surface area contributed by atoms with Crippen molar-refractivity contribution >= 4 is 11.9 Å². The molecule has 3 atom stereocenters. The van der Waals surface area contributed by atoms with Crippen LogP contribution in [0.1, 0.15) is 45.2 Å². The highest BCUT2D eigenvalue weighted by Gasteiger charge is 2.35. The first-order valence-electron chi connectivity index (χ1n) is 11.9. The summed E-state index contributed by atoms with van der Waals surface area (Å²) in [6.45, 7) is 7.83. The Balaban J connectivity index is 1.77. The Kier molecular flexibility index (Phi) is 8.42. The monoisotopic (exact) mass is 471 g/mol. The number of nitrogens with one attached hydrogen (secondary N) is 1. The van der Waals surface area contributed by atoms with Crippen LogP contribution in [0.2, 0.25) is 0 Å². The lowest BCUT2D eigenvalue weighted by Gasteiger charge is -2.37. The highest BCUT2D eigenvalue weighted by molar-refractivity contribution is 5.77. The molecule has 0 amide bonds. The Morgan fingerprint density at radius 2 is 1.76 bits per heavy atom. The molecule has 1 aromatic rings. The fraction of sp³-hybridized carbons (Fsp3) is 0.556. The number of carbonyl (C=O) groups excluding carboxylic acids is 2. The second kappa shape index (κ2) is 11.1. The normalized spacial score (nSPS) is 22.1. The average Bonchev–Trinajstić information content (AvgIpc) is 2.81. The lowest BCUT2D eigenvalue weighted by atomic mass is 9.73. The standard InChI is InChI=1S/C27H37NO6/c1-7-33-25(29)16-28-22-15-24(32-6)23(31-5)14-21(22)19-9-8-18-13-20(11-10-17(18)12-19)34-26(30)27(2,3)4/h10-11,13-15,19,21-22,28H,7-9,12,16H2,1-6H3/t19-,21?,22?/m1/s1. The predicted molar refractivity (Wildman–Crippen MR) is 129 cm³/mol. The van der Waals surface area contributed by atoms with Gasteiger partial charge in [-0.3, -0.25) is 14.9 Å². The number of hydrogen-bond acceptors (Lipinski definition) is 7. The number of methoxy groups -OCH3 is 2. The van der Waals surface area contributed by atoms with Gasteiger partial charge in [-0.2, -0.15) is 0 Å². The molecule has 0 fully saturated rings. The average molecular weight is 472 g/mol. The smallest absolute Gasteiger partial charge is 0.319 e. The quantitative estimate of drug-likeness (QED) is 0.454. The summed E-state index contributed by atoms with van der Waals surface area (Å²) in [6, 6.07) is 5.85. The number of aryl methyl sites for hydroxylation is 1. The summed E-state index contributed by atoms with van der Waals surface area (Å²) in [5, 5.41) is 3.34. The van der Waals surface area contributed by atoms with Crippen LogP contribution in [-0.4, -0.2) is 45.4 Å². The summed E-state index contributed by atoms with van der Waals surface area (Å²) >= 11 is 0. The topological polar surface area (TPSA) is 83.1 Å². The molecule has 0 bridgehead atoms. The minimum Gasteiger partial charge on any atom is -0.493 e. The number of rotatable bonds is 8. The molecule has 0 heterocycles. The van der Waals surface area contributed by atoms with E-state index in [9.17, 15) is 9.59 Å². The van der Waals surface area contributed by atoms with E-state index in [0.29, 0.717) is 29.8 Å². The molecule has 186 valence electrons. The number of fused-ring (bicyclic) bond motifs is 1. The van der Waals surface area contributed by atoms with Gasteiger partial charge in [0.15, 0.2) is 11.5 Å². The lowest BCUT2D eigenvalue weighted by molar-refractivity contribution is -0.143. The van der Waals surface area contributed by atoms with E-state index >= 15 is 0 Å². The van der Waals surface area contributed by atoms with E-state index < -0.39 is 5.41 Å². The Morgan fingerprint density at radius 1 is 1.06 bits per heavy atom. The third kappa shape index (κ3) is 6.20. The van der Waals surface area contributed by atoms with Crippen LogP contribution in [0.25, 0.3) is 0 Å². The zero-order valence-electron chi connectivity index (χ0n) is 21.1. The highest BCUT2D eigenvalue weighted by Crippen LogP contribution is 2.38. The second-order valence-electron chi connectivity index (χ2n) is 9.83. The molecule has 0 saturated heterocycles. The Labute approximate surface area is 202 Å². The fourth-order valence-electron chi connectivity index (χ4n) is 4.50. The van der Waals surface area contributed by atoms with Gasteiger partial charge in [0, 0.05) is 12.0 Å². The van der Waals surface area contributed by atoms with Crippen LogP contribution < -0.4 is 10.1 Å². The molecule has 2 unspecified atom stereocenters. The number of benzene rings is 1. The van der Waals surface area contributed by atoms with Gasteiger partial charge in [-0.1, -0.05) is 6.07 Å². The van der Waals surface area contributed by atoms with Crippen LogP contribution in [0, 0.1) is 17.3 Å². The first-order chi connectivity index (χ1) is 16.2. The first kappa shape index (κ1) is 25.8. The van der Waals surface area contributed by atoms with Crippen molar-refractivity contribution in [3.63, 3.8) is 0 Å². The minimum atomic E-state index is -0.548. The zero-order chi connectivity index (χ0) is 24.9. The van der Waals surface area contributed by atoms with Crippen molar-refractivity contribution < 1.29 is 28.5 Å². The van der Waals surface area contributed by atoms with Gasteiger partial charge in [0.25, 0.3) is 0 Å². The SMILES string of the molecule is CCOC(=O)CNC1C=C(OC)C(OC)=CC1[C@@H]1CCc2cc(OC(=O)C(C)(C)C)ccc2C1. The molecule has 2 aliphatic rings. The van der Waals surface area contributed by atoms with Crippen molar-refractivity contribution in [3.05, 3.63) is 53.0 Å². The van der Waals surface area contributed by atoms with Crippen molar-refractivity contribution in [2.75, 3.05) is 27.4 Å². The molecule has 2 aliphatic carbocycles. The summed E-state index contributed by atoms with van der Waals surface area (Å²) in [5.74, 6) is 1.90. The Hall–Kier alpha value is -2.80. The molecule has 0 aromatic heterocycles. The Bertz CT molecular complexity index is 958. The van der Waals surface area contributed by atoms with Crippen molar-refractivity contribution in [3.8, 4) is 5.75 Å². The molecule has 0 spiro atoms. The van der Waals surface area contributed by atoms with Gasteiger partial charge in [0.1, 0.15) is 5.75 Å². The molecule has 1 aromatic carbocycles. The maximum atomic E-state index is 12.3. The van der Waals surface area contributed by atoms with E-state index in [1.54, 1.807) is 21.1 Å². The van der Waals surface area contributed by atoms with Crippen LogP contribution in [0.4, 0.5) is 0 Å². The lowest BCUT2D eigenvalue weighted by Crippen LogP contribution is -2.43. The fourth-order valence-corrected chi connectivity index (χ4v) is 4.50. The molecular formula is C27H37NO6. The predicted octanol–water partition coefficient (Wildman–Crippen LogP) is 3.95. The molecule has 7 heteroatoms. The zero-order valence-corrected chi connectivity index (χ0v) is 21.1. The van der Waals surface area contributed by atoms with Crippen LogP contribution in [0.5, 0.6) is 5.75 Å². The van der Waals surface area contributed by atoms with Crippen LogP contribution in [0.15, 0.2) is 41.9 Å². The first-order valence-corrected chi connectivity index (χ1v) is 11.9. The molecular weight excluding hydrogens is 434 g/mol. The van der Waals surface area contributed by atoms with Gasteiger partial charge in [-0.25, -0.2) is 0 Å². The van der Waals surface area contributed by atoms with Crippen LogP contribution in [-0.2, 0) is 36.6 Å². The van der Waals surface area contributed by atoms with Gasteiger partial charge in [-0.05, 0) is 88.3 Å². The summed E-state index contributed by atoms with van der Waals surface area (Å²) < 4.78 is 21.8. The molecule has 0 saturated carbocycles. The largest absolute Gasteiger partial charge is 0.493 e. The maximum absolute atomic E-state index is 12.3. The molecule has 34 heavy (non-hydrogen) atoms. The van der Waals surface area contributed by atoms with Crippen LogP contribution in [0.3, 0.4) is 0 Å². The minimum absolute atomic E-state index is 0.0863. The van der Waals surface area contributed by atoms with E-state index in [1.807, 2.05) is 39.0 Å². The Morgan fingerprint density at radius 3 is 2.41 bits per heavy atom. The van der Waals surface area contributed by atoms with Crippen molar-refractivity contribution in [1.29, 1.82) is 0 Å². The molecule has 0 radical (unpaired) electrons. The van der Waals surface area contributed by atoms with Gasteiger partial charge < -0.3 is 18.9 Å². The number of hydrogen-bond donors (Lipinski definition) is 1. The third-order valence-corrected chi connectivity index (χ3v) is 6.37. The molecule has 0 aliphatic heterocycles.